The molecule has 0 radical (unpaired) electrons. The highest BCUT2D eigenvalue weighted by Crippen LogP contribution is 2.22. The van der Waals surface area contributed by atoms with Gasteiger partial charge in [0.2, 0.25) is 11.8 Å². The molecule has 0 saturated carbocycles. The van der Waals surface area contributed by atoms with Crippen molar-refractivity contribution in [2.24, 2.45) is 5.92 Å². The molecule has 0 aliphatic heterocycles. The first kappa shape index (κ1) is 22.1. The van der Waals surface area contributed by atoms with Gasteiger partial charge in [-0.2, -0.15) is 0 Å². The maximum Gasteiger partial charge on any atom is 0.251 e. The van der Waals surface area contributed by atoms with Gasteiger partial charge in [-0.3, -0.25) is 14.4 Å². The zero-order valence-electron chi connectivity index (χ0n) is 17.6. The summed E-state index contributed by atoms with van der Waals surface area (Å²) in [4.78, 5) is 36.0. The smallest absolute Gasteiger partial charge is 0.251 e. The second-order valence-electron chi connectivity index (χ2n) is 8.28. The van der Waals surface area contributed by atoms with Gasteiger partial charge in [0.1, 0.15) is 0 Å². The minimum absolute atomic E-state index is 0.0159. The summed E-state index contributed by atoms with van der Waals surface area (Å²) >= 11 is 0. The summed E-state index contributed by atoms with van der Waals surface area (Å²) in [6.45, 7) is 9.83. The van der Waals surface area contributed by atoms with Crippen molar-refractivity contribution in [2.45, 2.75) is 40.0 Å². The van der Waals surface area contributed by atoms with Crippen LogP contribution in [0, 0.1) is 5.92 Å². The zero-order valence-corrected chi connectivity index (χ0v) is 17.6. The highest BCUT2D eigenvalue weighted by Gasteiger charge is 2.14. The van der Waals surface area contributed by atoms with E-state index in [9.17, 15) is 14.4 Å². The first-order chi connectivity index (χ1) is 13.6. The summed E-state index contributed by atoms with van der Waals surface area (Å²) in [6.07, 6.45) is 0. The first-order valence-electron chi connectivity index (χ1n) is 9.66. The lowest BCUT2D eigenvalue weighted by Crippen LogP contribution is -2.32. The Hall–Kier alpha value is -3.15. The average molecular weight is 396 g/mol. The van der Waals surface area contributed by atoms with Gasteiger partial charge in [-0.1, -0.05) is 46.8 Å². The molecule has 0 fully saturated rings. The van der Waals surface area contributed by atoms with E-state index in [0.717, 1.165) is 5.56 Å². The Bertz CT molecular complexity index is 864. The fourth-order valence-corrected chi connectivity index (χ4v) is 2.51. The maximum absolute atomic E-state index is 12.2. The summed E-state index contributed by atoms with van der Waals surface area (Å²) in [6, 6.07) is 14.2. The molecule has 2 rings (SSSR count). The van der Waals surface area contributed by atoms with Crippen LogP contribution < -0.4 is 16.0 Å². The molecule has 29 heavy (non-hydrogen) atoms. The van der Waals surface area contributed by atoms with Gasteiger partial charge in [0.25, 0.3) is 5.91 Å². The van der Waals surface area contributed by atoms with Crippen LogP contribution in [0.4, 0.5) is 11.4 Å². The molecule has 6 nitrogen and oxygen atoms in total. The summed E-state index contributed by atoms with van der Waals surface area (Å²) in [7, 11) is 0. The molecule has 0 heterocycles. The van der Waals surface area contributed by atoms with Crippen LogP contribution in [0.2, 0.25) is 0 Å². The second-order valence-corrected chi connectivity index (χ2v) is 8.28. The van der Waals surface area contributed by atoms with Gasteiger partial charge < -0.3 is 16.0 Å². The Morgan fingerprint density at radius 1 is 0.828 bits per heavy atom. The van der Waals surface area contributed by atoms with Gasteiger partial charge in [-0.25, -0.2) is 0 Å². The molecule has 0 bridgehead atoms. The molecule has 6 heteroatoms. The van der Waals surface area contributed by atoms with Crippen LogP contribution in [-0.4, -0.2) is 24.3 Å². The van der Waals surface area contributed by atoms with E-state index in [4.69, 9.17) is 0 Å². The van der Waals surface area contributed by atoms with Gasteiger partial charge in [0.15, 0.2) is 0 Å². The molecule has 0 saturated heterocycles. The zero-order chi connectivity index (χ0) is 21.6. The van der Waals surface area contributed by atoms with Crippen molar-refractivity contribution in [3.05, 3.63) is 59.7 Å². The lowest BCUT2D eigenvalue weighted by atomic mass is 9.87. The molecule has 154 valence electrons. The molecule has 0 spiro atoms. The van der Waals surface area contributed by atoms with Crippen LogP contribution >= 0.6 is 0 Å². The van der Waals surface area contributed by atoms with Crippen molar-refractivity contribution in [1.29, 1.82) is 0 Å². The Morgan fingerprint density at radius 2 is 1.34 bits per heavy atom. The van der Waals surface area contributed by atoms with E-state index in [0.29, 0.717) is 16.9 Å². The molecular weight excluding hydrogens is 366 g/mol. The maximum atomic E-state index is 12.2. The van der Waals surface area contributed by atoms with E-state index >= 15 is 0 Å². The predicted octanol–water partition coefficient (Wildman–Crippen LogP) is 3.95. The van der Waals surface area contributed by atoms with E-state index in [1.54, 1.807) is 36.4 Å². The number of hydrogen-bond donors (Lipinski definition) is 3. The second kappa shape index (κ2) is 9.37. The number of amides is 3. The molecule has 0 aromatic heterocycles. The third kappa shape index (κ3) is 6.75. The van der Waals surface area contributed by atoms with Gasteiger partial charge >= 0.3 is 0 Å². The van der Waals surface area contributed by atoms with E-state index < -0.39 is 0 Å². The number of carbonyl (C=O) groups excluding carboxylic acids is 3. The van der Waals surface area contributed by atoms with Crippen molar-refractivity contribution in [3.8, 4) is 0 Å². The van der Waals surface area contributed by atoms with Gasteiger partial charge in [-0.05, 0) is 47.4 Å². The SMILES string of the molecule is CC(C)C(=O)Nc1ccc(NC(=O)CNC(=O)c2ccc(C(C)(C)C)cc2)cc1. The predicted molar refractivity (Wildman–Crippen MR) is 116 cm³/mol. The van der Waals surface area contributed by atoms with E-state index in [1.807, 2.05) is 26.0 Å². The monoisotopic (exact) mass is 395 g/mol. The largest absolute Gasteiger partial charge is 0.343 e. The number of hydrogen-bond acceptors (Lipinski definition) is 3. The van der Waals surface area contributed by atoms with Gasteiger partial charge in [0, 0.05) is 22.9 Å². The first-order valence-corrected chi connectivity index (χ1v) is 9.66. The standard InChI is InChI=1S/C23H29N3O3/c1-15(2)21(28)26-19-12-10-18(11-13-19)25-20(27)14-24-22(29)16-6-8-17(9-7-16)23(3,4)5/h6-13,15H,14H2,1-5H3,(H,24,29)(H,25,27)(H,26,28). The molecular formula is C23H29N3O3. The highest BCUT2D eigenvalue weighted by molar-refractivity contribution is 5.99. The third-order valence-corrected chi connectivity index (χ3v) is 4.38. The Morgan fingerprint density at radius 3 is 1.83 bits per heavy atom. The summed E-state index contributed by atoms with van der Waals surface area (Å²) in [5, 5.41) is 8.12. The topological polar surface area (TPSA) is 87.3 Å². The fourth-order valence-electron chi connectivity index (χ4n) is 2.51. The molecule has 3 amide bonds. The normalized spacial score (nSPS) is 11.1. The van der Waals surface area contributed by atoms with Crippen molar-refractivity contribution in [2.75, 3.05) is 17.2 Å². The van der Waals surface area contributed by atoms with Crippen LogP contribution in [0.5, 0.6) is 0 Å². The van der Waals surface area contributed by atoms with Crippen molar-refractivity contribution in [3.63, 3.8) is 0 Å². The number of carbonyl (C=O) groups is 3. The fraction of sp³-hybridized carbons (Fsp3) is 0.348. The average Bonchev–Trinajstić information content (AvgIpc) is 2.67. The summed E-state index contributed by atoms with van der Waals surface area (Å²) in [5.74, 6) is -0.807. The minimum atomic E-state index is -0.330. The number of nitrogens with one attached hydrogen (secondary N) is 3. The van der Waals surface area contributed by atoms with Gasteiger partial charge in [0.05, 0.1) is 6.54 Å². The highest BCUT2D eigenvalue weighted by atomic mass is 16.2. The number of rotatable bonds is 6. The Labute approximate surface area is 172 Å². The number of benzene rings is 2. The summed E-state index contributed by atoms with van der Waals surface area (Å²) in [5.41, 5.74) is 2.91. The Kier molecular flexibility index (Phi) is 7.15. The minimum Gasteiger partial charge on any atom is -0.343 e. The lowest BCUT2D eigenvalue weighted by Gasteiger charge is -2.19. The van der Waals surface area contributed by atoms with E-state index in [2.05, 4.69) is 36.7 Å². The van der Waals surface area contributed by atoms with Crippen LogP contribution in [0.3, 0.4) is 0 Å². The molecule has 0 unspecified atom stereocenters. The lowest BCUT2D eigenvalue weighted by molar-refractivity contribution is -0.119. The van der Waals surface area contributed by atoms with Crippen LogP contribution in [0.15, 0.2) is 48.5 Å². The van der Waals surface area contributed by atoms with Crippen LogP contribution in [-0.2, 0) is 15.0 Å². The molecule has 0 aliphatic rings. The van der Waals surface area contributed by atoms with Crippen LogP contribution in [0.25, 0.3) is 0 Å². The quantitative estimate of drug-likeness (QED) is 0.692. The van der Waals surface area contributed by atoms with Crippen molar-refractivity contribution in [1.82, 2.24) is 5.32 Å². The number of anilines is 2. The van der Waals surface area contributed by atoms with Crippen molar-refractivity contribution >= 4 is 29.1 Å². The van der Waals surface area contributed by atoms with Crippen molar-refractivity contribution < 1.29 is 14.4 Å². The summed E-state index contributed by atoms with van der Waals surface area (Å²) < 4.78 is 0. The van der Waals surface area contributed by atoms with Crippen LogP contribution in [0.1, 0.15) is 50.5 Å². The molecule has 2 aromatic carbocycles. The van der Waals surface area contributed by atoms with Gasteiger partial charge in [-0.15, -0.1) is 0 Å². The van der Waals surface area contributed by atoms with E-state index in [-0.39, 0.29) is 35.6 Å². The molecule has 0 aliphatic carbocycles. The third-order valence-electron chi connectivity index (χ3n) is 4.38. The Balaban J connectivity index is 1.85. The van der Waals surface area contributed by atoms with E-state index in [1.165, 1.54) is 0 Å². The molecule has 3 N–H and O–H groups in total. The molecule has 0 atom stereocenters. The molecule has 2 aromatic rings.